The standard InChI is InChI=1S/C13H12ClN5/c1-15-12-7-16-13(8-5-17-18-6-8)10-4-9(14)2-3-11(10)19-12/h2-6H,7H2,1H3,(H,15,19)(H,17,18). The molecule has 2 heterocycles. The van der Waals surface area contributed by atoms with Crippen molar-refractivity contribution in [2.75, 3.05) is 13.6 Å². The fraction of sp³-hybridized carbons (Fsp3) is 0.154. The molecule has 1 aliphatic heterocycles. The summed E-state index contributed by atoms with van der Waals surface area (Å²) in [6.07, 6.45) is 3.56. The number of rotatable bonds is 1. The van der Waals surface area contributed by atoms with Crippen LogP contribution < -0.4 is 5.32 Å². The number of aromatic nitrogens is 2. The van der Waals surface area contributed by atoms with E-state index in [2.05, 4.69) is 25.5 Å². The Morgan fingerprint density at radius 3 is 3.00 bits per heavy atom. The molecule has 0 amide bonds. The van der Waals surface area contributed by atoms with Crippen LogP contribution in [-0.4, -0.2) is 35.3 Å². The van der Waals surface area contributed by atoms with Gasteiger partial charge in [-0.3, -0.25) is 10.1 Å². The van der Waals surface area contributed by atoms with Crippen molar-refractivity contribution in [3.05, 3.63) is 46.7 Å². The van der Waals surface area contributed by atoms with Crippen molar-refractivity contribution >= 4 is 28.8 Å². The maximum absolute atomic E-state index is 6.08. The van der Waals surface area contributed by atoms with Crippen LogP contribution in [0.5, 0.6) is 0 Å². The Balaban J connectivity index is 2.19. The van der Waals surface area contributed by atoms with Gasteiger partial charge in [-0.1, -0.05) is 11.6 Å². The molecule has 0 saturated carbocycles. The van der Waals surface area contributed by atoms with Crippen LogP contribution in [0.2, 0.25) is 5.02 Å². The highest BCUT2D eigenvalue weighted by atomic mass is 35.5. The minimum Gasteiger partial charge on any atom is -0.375 e. The number of hydrogen-bond donors (Lipinski definition) is 2. The number of nitrogens with zero attached hydrogens (tertiary/aromatic N) is 3. The second kappa shape index (κ2) is 4.85. The van der Waals surface area contributed by atoms with Gasteiger partial charge in [0.2, 0.25) is 0 Å². The molecule has 3 rings (SSSR count). The van der Waals surface area contributed by atoms with Gasteiger partial charge in [-0.25, -0.2) is 4.99 Å². The summed E-state index contributed by atoms with van der Waals surface area (Å²) < 4.78 is 0. The molecule has 19 heavy (non-hydrogen) atoms. The molecule has 0 radical (unpaired) electrons. The number of aromatic amines is 1. The molecule has 2 N–H and O–H groups in total. The van der Waals surface area contributed by atoms with E-state index in [4.69, 9.17) is 11.6 Å². The molecular weight excluding hydrogens is 262 g/mol. The normalized spacial score (nSPS) is 14.2. The third kappa shape index (κ3) is 2.24. The van der Waals surface area contributed by atoms with Crippen molar-refractivity contribution in [2.24, 2.45) is 9.98 Å². The molecule has 1 aliphatic rings. The van der Waals surface area contributed by atoms with Gasteiger partial charge >= 0.3 is 0 Å². The summed E-state index contributed by atoms with van der Waals surface area (Å²) in [5.74, 6) is 0.821. The molecule has 1 aromatic heterocycles. The Morgan fingerprint density at radius 1 is 1.37 bits per heavy atom. The summed E-state index contributed by atoms with van der Waals surface area (Å²) in [6, 6.07) is 5.61. The third-order valence-electron chi connectivity index (χ3n) is 2.92. The van der Waals surface area contributed by atoms with E-state index in [1.165, 1.54) is 0 Å². The number of fused-ring (bicyclic) bond motifs is 1. The summed E-state index contributed by atoms with van der Waals surface area (Å²) in [4.78, 5) is 9.17. The van der Waals surface area contributed by atoms with Crippen LogP contribution in [0.3, 0.4) is 0 Å². The molecule has 2 aromatic rings. The largest absolute Gasteiger partial charge is 0.375 e. The van der Waals surface area contributed by atoms with E-state index in [9.17, 15) is 0 Å². The van der Waals surface area contributed by atoms with Gasteiger partial charge < -0.3 is 5.32 Å². The zero-order valence-electron chi connectivity index (χ0n) is 10.3. The fourth-order valence-electron chi connectivity index (χ4n) is 1.98. The summed E-state index contributed by atoms with van der Waals surface area (Å²) in [7, 11) is 1.84. The molecule has 1 aromatic carbocycles. The van der Waals surface area contributed by atoms with Crippen LogP contribution in [-0.2, 0) is 0 Å². The van der Waals surface area contributed by atoms with Gasteiger partial charge in [0.05, 0.1) is 24.1 Å². The molecule has 96 valence electrons. The van der Waals surface area contributed by atoms with Gasteiger partial charge in [-0.05, 0) is 18.2 Å². The highest BCUT2D eigenvalue weighted by Gasteiger charge is 2.16. The Bertz CT molecular complexity index is 658. The Morgan fingerprint density at radius 2 is 2.26 bits per heavy atom. The third-order valence-corrected chi connectivity index (χ3v) is 3.15. The zero-order chi connectivity index (χ0) is 13.2. The number of hydrogen-bond acceptors (Lipinski definition) is 4. The number of H-pyrrole nitrogens is 1. The lowest BCUT2D eigenvalue weighted by Gasteiger charge is -2.06. The number of aliphatic imine (C=N–C) groups is 2. The van der Waals surface area contributed by atoms with Crippen molar-refractivity contribution < 1.29 is 0 Å². The second-order valence-corrected chi connectivity index (χ2v) is 4.56. The number of likely N-dealkylation sites (N-methyl/N-ethyl adjacent to an activating group) is 1. The minimum absolute atomic E-state index is 0.503. The predicted octanol–water partition coefficient (Wildman–Crippen LogP) is 2.16. The first-order valence-electron chi connectivity index (χ1n) is 5.87. The topological polar surface area (TPSA) is 65.4 Å². The van der Waals surface area contributed by atoms with E-state index < -0.39 is 0 Å². The van der Waals surface area contributed by atoms with E-state index in [1.54, 1.807) is 6.20 Å². The average molecular weight is 274 g/mol. The molecule has 0 spiro atoms. The average Bonchev–Trinajstić information content (AvgIpc) is 2.87. The van der Waals surface area contributed by atoms with Crippen LogP contribution >= 0.6 is 11.6 Å². The van der Waals surface area contributed by atoms with Gasteiger partial charge in [0, 0.05) is 29.4 Å². The van der Waals surface area contributed by atoms with Gasteiger partial charge in [0.15, 0.2) is 0 Å². The molecule has 0 fully saturated rings. The predicted molar refractivity (Wildman–Crippen MR) is 76.7 cm³/mol. The first-order chi connectivity index (χ1) is 9.28. The van der Waals surface area contributed by atoms with Crippen molar-refractivity contribution in [3.63, 3.8) is 0 Å². The lowest BCUT2D eigenvalue weighted by molar-refractivity contribution is 1.09. The van der Waals surface area contributed by atoms with E-state index >= 15 is 0 Å². The lowest BCUT2D eigenvalue weighted by atomic mass is 10.0. The van der Waals surface area contributed by atoms with E-state index in [0.717, 1.165) is 28.4 Å². The SMILES string of the molecule is CNC1=Nc2ccc(Cl)cc2C(c2cn[nH]c2)=NC1. The van der Waals surface area contributed by atoms with E-state index in [0.29, 0.717) is 11.6 Å². The molecule has 0 aliphatic carbocycles. The summed E-state index contributed by atoms with van der Waals surface area (Å²) in [6.45, 7) is 0.503. The molecule has 0 atom stereocenters. The molecular formula is C13H12ClN5. The van der Waals surface area contributed by atoms with E-state index in [1.807, 2.05) is 31.4 Å². The van der Waals surface area contributed by atoms with Crippen LogP contribution in [0.15, 0.2) is 40.6 Å². The summed E-state index contributed by atoms with van der Waals surface area (Å²) in [5.41, 5.74) is 3.54. The first-order valence-corrected chi connectivity index (χ1v) is 6.24. The maximum atomic E-state index is 6.08. The molecule has 0 bridgehead atoms. The Kier molecular flexibility index (Phi) is 3.05. The first kappa shape index (κ1) is 11.9. The monoisotopic (exact) mass is 273 g/mol. The molecule has 0 unspecified atom stereocenters. The van der Waals surface area contributed by atoms with Crippen LogP contribution in [0, 0.1) is 0 Å². The lowest BCUT2D eigenvalue weighted by Crippen LogP contribution is -2.20. The Labute approximate surface area is 115 Å². The van der Waals surface area contributed by atoms with Crippen LogP contribution in [0.4, 0.5) is 5.69 Å². The van der Waals surface area contributed by atoms with Crippen LogP contribution in [0.25, 0.3) is 0 Å². The van der Waals surface area contributed by atoms with Gasteiger partial charge in [0.25, 0.3) is 0 Å². The quantitative estimate of drug-likeness (QED) is 0.836. The van der Waals surface area contributed by atoms with Crippen molar-refractivity contribution in [2.45, 2.75) is 0 Å². The smallest absolute Gasteiger partial charge is 0.124 e. The highest BCUT2D eigenvalue weighted by molar-refractivity contribution is 6.31. The maximum Gasteiger partial charge on any atom is 0.124 e. The number of nitrogens with one attached hydrogen (secondary N) is 2. The molecule has 0 saturated heterocycles. The second-order valence-electron chi connectivity index (χ2n) is 4.12. The minimum atomic E-state index is 0.503. The molecule has 6 heteroatoms. The van der Waals surface area contributed by atoms with Crippen molar-refractivity contribution in [3.8, 4) is 0 Å². The van der Waals surface area contributed by atoms with Crippen molar-refractivity contribution in [1.29, 1.82) is 0 Å². The van der Waals surface area contributed by atoms with Gasteiger partial charge in [-0.2, -0.15) is 5.10 Å². The highest BCUT2D eigenvalue weighted by Crippen LogP contribution is 2.27. The van der Waals surface area contributed by atoms with Gasteiger partial charge in [-0.15, -0.1) is 0 Å². The zero-order valence-corrected chi connectivity index (χ0v) is 11.1. The fourth-order valence-corrected chi connectivity index (χ4v) is 2.15. The van der Waals surface area contributed by atoms with E-state index in [-0.39, 0.29) is 0 Å². The van der Waals surface area contributed by atoms with Crippen LogP contribution in [0.1, 0.15) is 11.1 Å². The molecule has 5 nitrogen and oxygen atoms in total. The Hall–Kier alpha value is -2.14. The summed E-state index contributed by atoms with van der Waals surface area (Å²) in [5, 5.41) is 10.5. The number of halogens is 1. The number of benzene rings is 1. The number of amidine groups is 1. The van der Waals surface area contributed by atoms with Gasteiger partial charge in [0.1, 0.15) is 5.84 Å². The summed E-state index contributed by atoms with van der Waals surface area (Å²) >= 11 is 6.08. The van der Waals surface area contributed by atoms with Crippen molar-refractivity contribution in [1.82, 2.24) is 15.5 Å².